The first-order valence-electron chi connectivity index (χ1n) is 8.18. The molecule has 0 bridgehead atoms. The molecule has 1 unspecified atom stereocenters. The van der Waals surface area contributed by atoms with Gasteiger partial charge in [0.25, 0.3) is 0 Å². The lowest BCUT2D eigenvalue weighted by atomic mass is 9.97. The highest BCUT2D eigenvalue weighted by atomic mass is 32.1. The van der Waals surface area contributed by atoms with E-state index >= 15 is 0 Å². The monoisotopic (exact) mass is 308 g/mol. The molecular formula is C17H28N2OS. The molecule has 0 saturated carbocycles. The number of hydrogen-bond acceptors (Lipinski definition) is 3. The second kappa shape index (κ2) is 8.54. The zero-order valence-corrected chi connectivity index (χ0v) is 14.1. The second-order valence-corrected chi connectivity index (χ2v) is 7.38. The Labute approximate surface area is 132 Å². The third kappa shape index (κ3) is 5.79. The first-order chi connectivity index (χ1) is 10.1. The van der Waals surface area contributed by atoms with Crippen molar-refractivity contribution in [1.29, 1.82) is 0 Å². The van der Waals surface area contributed by atoms with Crippen molar-refractivity contribution in [3.8, 4) is 0 Å². The summed E-state index contributed by atoms with van der Waals surface area (Å²) in [5, 5.41) is 5.61. The number of piperidine rings is 1. The van der Waals surface area contributed by atoms with Gasteiger partial charge >= 0.3 is 0 Å². The molecule has 0 aromatic carbocycles. The molecule has 2 rings (SSSR count). The minimum Gasteiger partial charge on any atom is -0.342 e. The van der Waals surface area contributed by atoms with E-state index in [1.807, 2.05) is 0 Å². The van der Waals surface area contributed by atoms with E-state index in [2.05, 4.69) is 41.6 Å². The molecule has 1 amide bonds. The van der Waals surface area contributed by atoms with E-state index in [0.29, 0.717) is 24.3 Å². The molecule has 0 aliphatic carbocycles. The Bertz CT molecular complexity index is 416. The molecular weight excluding hydrogens is 280 g/mol. The Balaban J connectivity index is 1.68. The third-order valence-electron chi connectivity index (χ3n) is 4.08. The number of amides is 1. The zero-order chi connectivity index (χ0) is 15.1. The molecule has 1 aliphatic rings. The summed E-state index contributed by atoms with van der Waals surface area (Å²) in [5.41, 5.74) is 0. The fourth-order valence-corrected chi connectivity index (χ4v) is 3.64. The van der Waals surface area contributed by atoms with Crippen LogP contribution in [-0.2, 0) is 11.2 Å². The van der Waals surface area contributed by atoms with E-state index in [9.17, 15) is 4.79 Å². The molecule has 1 fully saturated rings. The van der Waals surface area contributed by atoms with Crippen molar-refractivity contribution in [3.63, 3.8) is 0 Å². The molecule has 21 heavy (non-hydrogen) atoms. The van der Waals surface area contributed by atoms with Crippen LogP contribution in [0.15, 0.2) is 17.5 Å². The molecule has 1 atom stereocenters. The summed E-state index contributed by atoms with van der Waals surface area (Å²) < 4.78 is 0. The maximum Gasteiger partial charge on any atom is 0.222 e. The van der Waals surface area contributed by atoms with Crippen molar-refractivity contribution in [3.05, 3.63) is 22.4 Å². The maximum absolute atomic E-state index is 12.3. The van der Waals surface area contributed by atoms with Crippen LogP contribution in [-0.4, -0.2) is 36.5 Å². The molecule has 1 N–H and O–H groups in total. The number of rotatable bonds is 7. The first kappa shape index (κ1) is 16.5. The van der Waals surface area contributed by atoms with Crippen LogP contribution < -0.4 is 5.32 Å². The van der Waals surface area contributed by atoms with E-state index in [4.69, 9.17) is 0 Å². The minimum absolute atomic E-state index is 0.348. The molecule has 118 valence electrons. The van der Waals surface area contributed by atoms with Crippen molar-refractivity contribution in [2.24, 2.45) is 5.92 Å². The number of carbonyl (C=O) groups is 1. The normalized spacial score (nSPS) is 19.2. The van der Waals surface area contributed by atoms with Gasteiger partial charge in [0, 0.05) is 30.4 Å². The minimum atomic E-state index is 0.348. The third-order valence-corrected chi connectivity index (χ3v) is 5.02. The van der Waals surface area contributed by atoms with Crippen molar-refractivity contribution in [1.82, 2.24) is 10.2 Å². The number of hydrogen-bond donors (Lipinski definition) is 1. The lowest BCUT2D eigenvalue weighted by molar-refractivity contribution is -0.133. The first-order valence-corrected chi connectivity index (χ1v) is 9.06. The van der Waals surface area contributed by atoms with Crippen LogP contribution in [0.2, 0.25) is 0 Å². The fourth-order valence-electron chi connectivity index (χ4n) is 2.89. The number of nitrogens with zero attached hydrogens (tertiary/aromatic N) is 1. The van der Waals surface area contributed by atoms with Gasteiger partial charge in [-0.1, -0.05) is 19.9 Å². The van der Waals surface area contributed by atoms with Crippen molar-refractivity contribution in [2.45, 2.75) is 52.0 Å². The number of likely N-dealkylation sites (tertiary alicyclic amines) is 1. The van der Waals surface area contributed by atoms with Crippen LogP contribution in [0, 0.1) is 5.92 Å². The highest BCUT2D eigenvalue weighted by Crippen LogP contribution is 2.18. The highest BCUT2D eigenvalue weighted by molar-refractivity contribution is 7.09. The summed E-state index contributed by atoms with van der Waals surface area (Å²) in [6, 6.07) is 4.77. The molecule has 1 aliphatic heterocycles. The van der Waals surface area contributed by atoms with Crippen LogP contribution in [0.5, 0.6) is 0 Å². The van der Waals surface area contributed by atoms with Crippen molar-refractivity contribution >= 4 is 17.2 Å². The fraction of sp³-hybridized carbons (Fsp3) is 0.706. The molecule has 1 aromatic rings. The number of thiophene rings is 1. The second-order valence-electron chi connectivity index (χ2n) is 6.34. The average molecular weight is 308 g/mol. The van der Waals surface area contributed by atoms with Gasteiger partial charge in [-0.2, -0.15) is 0 Å². The maximum atomic E-state index is 12.3. The predicted octanol–water partition coefficient (Wildman–Crippen LogP) is 3.31. The Hall–Kier alpha value is -0.870. The molecule has 1 aromatic heterocycles. The summed E-state index contributed by atoms with van der Waals surface area (Å²) in [6.07, 6.45) is 5.11. The molecule has 1 saturated heterocycles. The lowest BCUT2D eigenvalue weighted by Gasteiger charge is -2.33. The highest BCUT2D eigenvalue weighted by Gasteiger charge is 2.23. The van der Waals surface area contributed by atoms with Crippen molar-refractivity contribution in [2.75, 3.05) is 19.6 Å². The SMILES string of the molecule is CC(C)NCC1CCCN(C(=O)CCCc2cccs2)C1. The molecule has 0 spiro atoms. The van der Waals surface area contributed by atoms with Crippen LogP contribution in [0.25, 0.3) is 0 Å². The standard InChI is InChI=1S/C17H28N2OS/c1-14(2)18-12-15-6-4-10-19(13-15)17(20)9-3-7-16-8-5-11-21-16/h5,8,11,14-15,18H,3-4,6-7,9-10,12-13H2,1-2H3. The van der Waals surface area contributed by atoms with Crippen LogP contribution >= 0.6 is 11.3 Å². The van der Waals surface area contributed by atoms with Gasteiger partial charge in [0.05, 0.1) is 0 Å². The van der Waals surface area contributed by atoms with E-state index in [1.54, 1.807) is 11.3 Å². The van der Waals surface area contributed by atoms with Gasteiger partial charge in [-0.05, 0) is 49.6 Å². The summed E-state index contributed by atoms with van der Waals surface area (Å²) in [4.78, 5) is 15.8. The zero-order valence-electron chi connectivity index (χ0n) is 13.3. The van der Waals surface area contributed by atoms with E-state index in [-0.39, 0.29) is 0 Å². The van der Waals surface area contributed by atoms with Gasteiger partial charge in [-0.15, -0.1) is 11.3 Å². The van der Waals surface area contributed by atoms with Gasteiger partial charge in [0.1, 0.15) is 0 Å². The summed E-state index contributed by atoms with van der Waals surface area (Å²) in [5.74, 6) is 0.975. The number of aryl methyl sites for hydroxylation is 1. The number of carbonyl (C=O) groups excluding carboxylic acids is 1. The number of nitrogens with one attached hydrogen (secondary N) is 1. The molecule has 4 heteroatoms. The van der Waals surface area contributed by atoms with Gasteiger partial charge in [0.15, 0.2) is 0 Å². The summed E-state index contributed by atoms with van der Waals surface area (Å²) in [6.45, 7) is 7.29. The molecule has 0 radical (unpaired) electrons. The molecule has 3 nitrogen and oxygen atoms in total. The van der Waals surface area contributed by atoms with Crippen LogP contribution in [0.4, 0.5) is 0 Å². The average Bonchev–Trinajstić information content (AvgIpc) is 2.98. The molecule has 2 heterocycles. The summed E-state index contributed by atoms with van der Waals surface area (Å²) >= 11 is 1.79. The van der Waals surface area contributed by atoms with Gasteiger partial charge < -0.3 is 10.2 Å². The quantitative estimate of drug-likeness (QED) is 0.838. The van der Waals surface area contributed by atoms with E-state index in [1.165, 1.54) is 11.3 Å². The van der Waals surface area contributed by atoms with Gasteiger partial charge in [0.2, 0.25) is 5.91 Å². The Morgan fingerprint density at radius 2 is 2.38 bits per heavy atom. The van der Waals surface area contributed by atoms with Gasteiger partial charge in [-0.25, -0.2) is 0 Å². The Morgan fingerprint density at radius 1 is 1.52 bits per heavy atom. The summed E-state index contributed by atoms with van der Waals surface area (Å²) in [7, 11) is 0. The largest absolute Gasteiger partial charge is 0.342 e. The van der Waals surface area contributed by atoms with E-state index < -0.39 is 0 Å². The predicted molar refractivity (Wildman–Crippen MR) is 89.7 cm³/mol. The lowest BCUT2D eigenvalue weighted by Crippen LogP contribution is -2.43. The van der Waals surface area contributed by atoms with Crippen LogP contribution in [0.1, 0.15) is 44.4 Å². The van der Waals surface area contributed by atoms with Crippen LogP contribution in [0.3, 0.4) is 0 Å². The smallest absolute Gasteiger partial charge is 0.222 e. The van der Waals surface area contributed by atoms with Gasteiger partial charge in [-0.3, -0.25) is 4.79 Å². The topological polar surface area (TPSA) is 32.3 Å². The van der Waals surface area contributed by atoms with Crippen molar-refractivity contribution < 1.29 is 4.79 Å². The Morgan fingerprint density at radius 3 is 3.10 bits per heavy atom. The Kier molecular flexibility index (Phi) is 6.71. The van der Waals surface area contributed by atoms with E-state index in [0.717, 1.165) is 38.9 Å².